The fourth-order valence-electron chi connectivity index (χ4n) is 1.80. The van der Waals surface area contributed by atoms with Crippen molar-refractivity contribution in [3.05, 3.63) is 83.2 Å². The van der Waals surface area contributed by atoms with Crippen molar-refractivity contribution in [3.63, 3.8) is 0 Å². The quantitative estimate of drug-likeness (QED) is 0.607. The van der Waals surface area contributed by atoms with Gasteiger partial charge in [-0.25, -0.2) is 4.39 Å². The second kappa shape index (κ2) is 7.50. The van der Waals surface area contributed by atoms with E-state index in [0.717, 1.165) is 0 Å². The maximum absolute atomic E-state index is 13.6. The van der Waals surface area contributed by atoms with Gasteiger partial charge >= 0.3 is 0 Å². The summed E-state index contributed by atoms with van der Waals surface area (Å²) in [6, 6.07) is 10.0. The van der Waals surface area contributed by atoms with Crippen molar-refractivity contribution < 1.29 is 14.0 Å². The van der Waals surface area contributed by atoms with Crippen LogP contribution >= 0.6 is 11.6 Å². The Morgan fingerprint density at radius 1 is 1.00 bits per heavy atom. The van der Waals surface area contributed by atoms with E-state index in [2.05, 4.69) is 13.2 Å². The first-order chi connectivity index (χ1) is 10.0. The fourth-order valence-corrected chi connectivity index (χ4v) is 1.97. The molecule has 108 valence electrons. The van der Waals surface area contributed by atoms with Gasteiger partial charge in [-0.15, -0.1) is 13.2 Å². The fraction of sp³-hybridized carbons (Fsp3) is 0.0588. The molecule has 21 heavy (non-hydrogen) atoms. The lowest BCUT2D eigenvalue weighted by Crippen LogP contribution is -2.10. The van der Waals surface area contributed by atoms with Crippen LogP contribution in [0.2, 0.25) is 5.02 Å². The number of ketones is 2. The van der Waals surface area contributed by atoms with Gasteiger partial charge in [-0.1, -0.05) is 23.7 Å². The number of carbonyl (C=O) groups excluding carboxylic acids is 2. The summed E-state index contributed by atoms with van der Waals surface area (Å²) < 4.78 is 13.6. The second-order valence-corrected chi connectivity index (χ2v) is 4.49. The minimum Gasteiger partial charge on any atom is -0.294 e. The van der Waals surface area contributed by atoms with E-state index >= 15 is 0 Å². The summed E-state index contributed by atoms with van der Waals surface area (Å²) in [5.41, 5.74) is 0.273. The highest BCUT2D eigenvalue weighted by molar-refractivity contribution is 6.31. The van der Waals surface area contributed by atoms with Gasteiger partial charge in [-0.2, -0.15) is 0 Å². The van der Waals surface area contributed by atoms with Crippen molar-refractivity contribution in [1.29, 1.82) is 0 Å². The molecule has 0 radical (unpaired) electrons. The Bertz CT molecular complexity index is 680. The van der Waals surface area contributed by atoms with E-state index in [4.69, 9.17) is 11.6 Å². The van der Waals surface area contributed by atoms with E-state index in [9.17, 15) is 14.0 Å². The van der Waals surface area contributed by atoms with Crippen LogP contribution in [0.4, 0.5) is 4.39 Å². The van der Waals surface area contributed by atoms with E-state index in [0.29, 0.717) is 5.02 Å². The van der Waals surface area contributed by atoms with Crippen LogP contribution in [0.3, 0.4) is 0 Å². The van der Waals surface area contributed by atoms with Crippen molar-refractivity contribution in [2.24, 2.45) is 0 Å². The predicted octanol–water partition coefficient (Wildman–Crippen LogP) is 4.71. The van der Waals surface area contributed by atoms with Crippen LogP contribution in [-0.4, -0.2) is 11.6 Å². The number of benzene rings is 2. The van der Waals surface area contributed by atoms with Gasteiger partial charge in [0.25, 0.3) is 0 Å². The second-order valence-electron chi connectivity index (χ2n) is 4.06. The monoisotopic (exact) mass is 304 g/mol. The Balaban J connectivity index is 0.00000106. The number of carbonyl (C=O) groups is 2. The third-order valence-electron chi connectivity index (χ3n) is 2.72. The van der Waals surface area contributed by atoms with Crippen LogP contribution in [0.5, 0.6) is 0 Å². The molecular weight excluding hydrogens is 291 g/mol. The van der Waals surface area contributed by atoms with Gasteiger partial charge in [-0.3, -0.25) is 9.59 Å². The Hall–Kier alpha value is -2.26. The largest absolute Gasteiger partial charge is 0.294 e. The normalized spacial score (nSPS) is 9.48. The molecule has 2 rings (SSSR count). The highest BCUT2D eigenvalue weighted by Crippen LogP contribution is 2.21. The first-order valence-electron chi connectivity index (χ1n) is 6.10. The average Bonchev–Trinajstić information content (AvgIpc) is 2.48. The van der Waals surface area contributed by atoms with Gasteiger partial charge in [0.15, 0.2) is 11.6 Å². The molecule has 0 spiro atoms. The SMILES string of the molecule is C=C.CC(=O)c1ccc(Cl)cc1C(=O)c1ccccc1F. The summed E-state index contributed by atoms with van der Waals surface area (Å²) in [5, 5.41) is 0.324. The molecule has 0 aliphatic heterocycles. The van der Waals surface area contributed by atoms with Crippen molar-refractivity contribution in [2.75, 3.05) is 0 Å². The molecule has 4 heteroatoms. The zero-order valence-electron chi connectivity index (χ0n) is 11.5. The molecule has 0 N–H and O–H groups in total. The van der Waals surface area contributed by atoms with Gasteiger partial charge in [0.2, 0.25) is 0 Å². The van der Waals surface area contributed by atoms with E-state index < -0.39 is 11.6 Å². The van der Waals surface area contributed by atoms with Crippen LogP contribution < -0.4 is 0 Å². The molecule has 0 saturated carbocycles. The van der Waals surface area contributed by atoms with Crippen molar-refractivity contribution in [3.8, 4) is 0 Å². The summed E-state index contributed by atoms with van der Waals surface area (Å²) in [6.07, 6.45) is 0. The zero-order chi connectivity index (χ0) is 16.0. The van der Waals surface area contributed by atoms with Gasteiger partial charge < -0.3 is 0 Å². The highest BCUT2D eigenvalue weighted by Gasteiger charge is 2.19. The van der Waals surface area contributed by atoms with E-state index in [1.54, 1.807) is 6.07 Å². The van der Waals surface area contributed by atoms with Crippen molar-refractivity contribution >= 4 is 23.2 Å². The molecule has 2 nitrogen and oxygen atoms in total. The Labute approximate surface area is 127 Å². The van der Waals surface area contributed by atoms with Crippen LogP contribution in [0.1, 0.15) is 33.2 Å². The smallest absolute Gasteiger partial charge is 0.196 e. The molecule has 0 bridgehead atoms. The Kier molecular flexibility index (Phi) is 6.00. The molecule has 2 aromatic carbocycles. The van der Waals surface area contributed by atoms with Crippen molar-refractivity contribution in [1.82, 2.24) is 0 Å². The molecule has 0 aliphatic carbocycles. The summed E-state index contributed by atoms with van der Waals surface area (Å²) >= 11 is 5.84. The summed E-state index contributed by atoms with van der Waals surface area (Å²) in [4.78, 5) is 23.8. The molecule has 2 aromatic rings. The standard InChI is InChI=1S/C15H10ClFO2.C2H4/c1-9(18)11-7-6-10(16)8-13(11)15(19)12-4-2-3-5-14(12)17;1-2/h2-8H,1H3;1-2H2. The van der Waals surface area contributed by atoms with Gasteiger partial charge in [0.05, 0.1) is 5.56 Å². The van der Waals surface area contributed by atoms with Crippen molar-refractivity contribution in [2.45, 2.75) is 6.92 Å². The van der Waals surface area contributed by atoms with Crippen LogP contribution in [-0.2, 0) is 0 Å². The van der Waals surface area contributed by atoms with Gasteiger partial charge in [0.1, 0.15) is 5.82 Å². The highest BCUT2D eigenvalue weighted by atomic mass is 35.5. The van der Waals surface area contributed by atoms with Gasteiger partial charge in [0, 0.05) is 16.1 Å². The first-order valence-corrected chi connectivity index (χ1v) is 6.48. The average molecular weight is 305 g/mol. The Morgan fingerprint density at radius 2 is 1.62 bits per heavy atom. The predicted molar refractivity (Wildman–Crippen MR) is 82.5 cm³/mol. The Morgan fingerprint density at radius 3 is 2.19 bits per heavy atom. The number of Topliss-reactive ketones (excluding diaryl/α,β-unsaturated/α-hetero) is 1. The minimum absolute atomic E-state index is 0.0766. The van der Waals surface area contributed by atoms with Crippen LogP contribution in [0.15, 0.2) is 55.6 Å². The molecule has 0 aliphatic rings. The van der Waals surface area contributed by atoms with Crippen LogP contribution in [0.25, 0.3) is 0 Å². The minimum atomic E-state index is -0.623. The number of hydrogen-bond acceptors (Lipinski definition) is 2. The van der Waals surface area contributed by atoms with Crippen LogP contribution in [0, 0.1) is 5.82 Å². The van der Waals surface area contributed by atoms with E-state index in [1.807, 2.05) is 0 Å². The number of rotatable bonds is 3. The third-order valence-corrected chi connectivity index (χ3v) is 2.96. The molecule has 0 aromatic heterocycles. The molecule has 0 saturated heterocycles. The molecular formula is C17H14ClFO2. The lowest BCUT2D eigenvalue weighted by Gasteiger charge is -2.07. The van der Waals surface area contributed by atoms with Gasteiger partial charge in [-0.05, 0) is 37.3 Å². The lowest BCUT2D eigenvalue weighted by molar-refractivity contribution is 0.0989. The van der Waals surface area contributed by atoms with E-state index in [-0.39, 0.29) is 22.5 Å². The maximum Gasteiger partial charge on any atom is 0.196 e. The summed E-state index contributed by atoms with van der Waals surface area (Å²) in [5.74, 6) is -1.44. The maximum atomic E-state index is 13.6. The molecule has 0 heterocycles. The zero-order valence-corrected chi connectivity index (χ0v) is 12.3. The topological polar surface area (TPSA) is 34.1 Å². The summed E-state index contributed by atoms with van der Waals surface area (Å²) in [7, 11) is 0. The molecule has 0 amide bonds. The molecule has 0 unspecified atom stereocenters. The number of halogens is 2. The molecule has 0 fully saturated rings. The van der Waals surface area contributed by atoms with E-state index in [1.165, 1.54) is 43.3 Å². The molecule has 0 atom stereocenters. The lowest BCUT2D eigenvalue weighted by atomic mass is 9.96. The number of hydrogen-bond donors (Lipinski definition) is 0. The summed E-state index contributed by atoms with van der Waals surface area (Å²) in [6.45, 7) is 7.35. The third kappa shape index (κ3) is 3.86. The first kappa shape index (κ1) is 16.8.